The molecule has 0 bridgehead atoms. The van der Waals surface area contributed by atoms with E-state index in [0.717, 1.165) is 4.90 Å². The van der Waals surface area contributed by atoms with Crippen molar-refractivity contribution in [2.24, 2.45) is 0 Å². The van der Waals surface area contributed by atoms with Crippen LogP contribution < -0.4 is 0 Å². The third kappa shape index (κ3) is 3.73. The lowest BCUT2D eigenvalue weighted by atomic mass is 9.85. The van der Waals surface area contributed by atoms with Crippen molar-refractivity contribution < 1.29 is 9.59 Å². The molecule has 2 amide bonds. The molecule has 0 aromatic carbocycles. The maximum atomic E-state index is 10.8. The molecule has 0 aliphatic heterocycles. The van der Waals surface area contributed by atoms with Gasteiger partial charge in [-0.25, -0.2) is 0 Å². The smallest absolute Gasteiger partial charge is 0.216 e. The molecule has 4 heteroatoms. The van der Waals surface area contributed by atoms with Crippen LogP contribution in [0.2, 0.25) is 0 Å². The molecular formula is C13H22N2O2. The van der Waals surface area contributed by atoms with Crippen molar-refractivity contribution in [1.82, 2.24) is 9.80 Å². The monoisotopic (exact) mass is 238 g/mol. The first kappa shape index (κ1) is 15.4. The Hall–Kier alpha value is -1.58. The minimum Gasteiger partial charge on any atom is -0.350 e. The number of carbonyl (C=O) groups is 2. The summed E-state index contributed by atoms with van der Waals surface area (Å²) in [6.07, 6.45) is 5.06. The Bertz CT molecular complexity index is 263. The van der Waals surface area contributed by atoms with E-state index < -0.39 is 5.54 Å². The number of imide groups is 1. The molecule has 0 aliphatic carbocycles. The van der Waals surface area contributed by atoms with Crippen molar-refractivity contribution in [2.75, 3.05) is 0 Å². The maximum absolute atomic E-state index is 10.8. The molecule has 0 radical (unpaired) electrons. The summed E-state index contributed by atoms with van der Waals surface area (Å²) in [4.78, 5) is 24.6. The molecule has 0 aromatic heterocycles. The van der Waals surface area contributed by atoms with Crippen LogP contribution in [-0.4, -0.2) is 33.7 Å². The molecule has 0 saturated heterocycles. The standard InChI is InChI=1S/C13H22N2O2/c1-7-14(8-2)12(3,4)9-13(5,6)15(10-16)11-17/h7-8,10-11H,1-2,9H2,3-6H3. The molecular weight excluding hydrogens is 216 g/mol. The summed E-state index contributed by atoms with van der Waals surface area (Å²) in [5.74, 6) is 0. The average Bonchev–Trinajstić information content (AvgIpc) is 2.18. The van der Waals surface area contributed by atoms with Crippen LogP contribution >= 0.6 is 0 Å². The Morgan fingerprint density at radius 1 is 0.882 bits per heavy atom. The third-order valence-corrected chi connectivity index (χ3v) is 2.88. The Kier molecular flexibility index (Phi) is 5.13. The van der Waals surface area contributed by atoms with Crippen LogP contribution in [0.1, 0.15) is 34.1 Å². The van der Waals surface area contributed by atoms with E-state index in [1.54, 1.807) is 12.4 Å². The van der Waals surface area contributed by atoms with Gasteiger partial charge in [0.1, 0.15) is 0 Å². The van der Waals surface area contributed by atoms with E-state index in [-0.39, 0.29) is 5.54 Å². The Balaban J connectivity index is 5.02. The fourth-order valence-corrected chi connectivity index (χ4v) is 2.12. The Morgan fingerprint density at radius 3 is 1.53 bits per heavy atom. The van der Waals surface area contributed by atoms with Gasteiger partial charge in [0.2, 0.25) is 12.8 Å². The molecule has 0 unspecified atom stereocenters. The molecule has 0 aromatic rings. The molecule has 17 heavy (non-hydrogen) atoms. The van der Waals surface area contributed by atoms with E-state index in [1.165, 1.54) is 0 Å². The van der Waals surface area contributed by atoms with Crippen molar-refractivity contribution >= 4 is 12.8 Å². The van der Waals surface area contributed by atoms with Gasteiger partial charge in [0.05, 0.1) is 0 Å². The zero-order valence-electron chi connectivity index (χ0n) is 11.1. The van der Waals surface area contributed by atoms with Gasteiger partial charge in [-0.05, 0) is 46.5 Å². The summed E-state index contributed by atoms with van der Waals surface area (Å²) >= 11 is 0. The molecule has 0 N–H and O–H groups in total. The van der Waals surface area contributed by atoms with Crippen molar-refractivity contribution in [2.45, 2.75) is 45.2 Å². The largest absolute Gasteiger partial charge is 0.350 e. The van der Waals surface area contributed by atoms with Crippen LogP contribution in [0.25, 0.3) is 0 Å². The first-order valence-electron chi connectivity index (χ1n) is 5.48. The van der Waals surface area contributed by atoms with Crippen molar-refractivity contribution in [1.29, 1.82) is 0 Å². The lowest BCUT2D eigenvalue weighted by Crippen LogP contribution is -2.50. The number of carbonyl (C=O) groups excluding carboxylic acids is 2. The highest BCUT2D eigenvalue weighted by Gasteiger charge is 2.35. The van der Waals surface area contributed by atoms with Gasteiger partial charge in [-0.3, -0.25) is 14.5 Å². The summed E-state index contributed by atoms with van der Waals surface area (Å²) in [6, 6.07) is 0. The molecule has 0 atom stereocenters. The van der Waals surface area contributed by atoms with Crippen LogP contribution in [0.4, 0.5) is 0 Å². The second kappa shape index (κ2) is 5.66. The molecule has 4 nitrogen and oxygen atoms in total. The number of nitrogens with zero attached hydrogens (tertiary/aromatic N) is 2. The van der Waals surface area contributed by atoms with Gasteiger partial charge in [0.15, 0.2) is 0 Å². The van der Waals surface area contributed by atoms with Crippen LogP contribution in [-0.2, 0) is 9.59 Å². The quantitative estimate of drug-likeness (QED) is 0.608. The van der Waals surface area contributed by atoms with Crippen LogP contribution in [0.5, 0.6) is 0 Å². The summed E-state index contributed by atoms with van der Waals surface area (Å²) < 4.78 is 0. The summed E-state index contributed by atoms with van der Waals surface area (Å²) in [7, 11) is 0. The predicted octanol–water partition coefficient (Wildman–Crippen LogP) is 2.14. The Morgan fingerprint density at radius 2 is 1.24 bits per heavy atom. The van der Waals surface area contributed by atoms with Gasteiger partial charge in [0, 0.05) is 11.1 Å². The van der Waals surface area contributed by atoms with Gasteiger partial charge in [-0.15, -0.1) is 0 Å². The minimum atomic E-state index is -0.558. The highest BCUT2D eigenvalue weighted by atomic mass is 16.2. The van der Waals surface area contributed by atoms with E-state index >= 15 is 0 Å². The zero-order valence-corrected chi connectivity index (χ0v) is 11.1. The third-order valence-electron chi connectivity index (χ3n) is 2.88. The van der Waals surface area contributed by atoms with Crippen molar-refractivity contribution in [3.63, 3.8) is 0 Å². The minimum absolute atomic E-state index is 0.280. The second-order valence-electron chi connectivity index (χ2n) is 5.19. The number of amides is 2. The predicted molar refractivity (Wildman–Crippen MR) is 69.0 cm³/mol. The zero-order chi connectivity index (χ0) is 13.7. The first-order valence-corrected chi connectivity index (χ1v) is 5.48. The lowest BCUT2D eigenvalue weighted by Gasteiger charge is -2.43. The summed E-state index contributed by atoms with van der Waals surface area (Å²) in [5, 5.41) is 0. The van der Waals surface area contributed by atoms with E-state index in [1.807, 2.05) is 32.6 Å². The molecule has 0 aliphatic rings. The molecule has 96 valence electrons. The highest BCUT2D eigenvalue weighted by Crippen LogP contribution is 2.29. The van der Waals surface area contributed by atoms with Crippen molar-refractivity contribution in [3.05, 3.63) is 25.6 Å². The number of hydrogen-bond acceptors (Lipinski definition) is 3. The molecule has 0 rings (SSSR count). The second-order valence-corrected chi connectivity index (χ2v) is 5.19. The summed E-state index contributed by atoms with van der Waals surface area (Å²) in [5.41, 5.74) is -0.839. The average molecular weight is 238 g/mol. The topological polar surface area (TPSA) is 40.6 Å². The van der Waals surface area contributed by atoms with E-state index in [4.69, 9.17) is 0 Å². The van der Waals surface area contributed by atoms with E-state index in [2.05, 4.69) is 13.2 Å². The van der Waals surface area contributed by atoms with Gasteiger partial charge < -0.3 is 4.90 Å². The van der Waals surface area contributed by atoms with Crippen LogP contribution in [0.15, 0.2) is 25.6 Å². The number of rotatable bonds is 8. The van der Waals surface area contributed by atoms with Crippen LogP contribution in [0, 0.1) is 0 Å². The lowest BCUT2D eigenvalue weighted by molar-refractivity contribution is -0.135. The maximum Gasteiger partial charge on any atom is 0.216 e. The van der Waals surface area contributed by atoms with E-state index in [0.29, 0.717) is 19.2 Å². The first-order chi connectivity index (χ1) is 7.75. The van der Waals surface area contributed by atoms with Gasteiger partial charge in [-0.1, -0.05) is 13.2 Å². The van der Waals surface area contributed by atoms with Gasteiger partial charge >= 0.3 is 0 Å². The molecule has 0 fully saturated rings. The normalized spacial score (nSPS) is 11.5. The SMILES string of the molecule is C=CN(C=C)C(C)(C)CC(C)(C)N(C=O)C=O. The molecule has 0 heterocycles. The van der Waals surface area contributed by atoms with Gasteiger partial charge in [-0.2, -0.15) is 0 Å². The Labute approximate surface area is 104 Å². The molecule has 0 spiro atoms. The van der Waals surface area contributed by atoms with Crippen molar-refractivity contribution in [3.8, 4) is 0 Å². The fraction of sp³-hybridized carbons (Fsp3) is 0.538. The summed E-state index contributed by atoms with van der Waals surface area (Å²) in [6.45, 7) is 15.1. The van der Waals surface area contributed by atoms with Gasteiger partial charge in [0.25, 0.3) is 0 Å². The molecule has 0 saturated carbocycles. The van der Waals surface area contributed by atoms with E-state index in [9.17, 15) is 9.59 Å². The number of hydrogen-bond donors (Lipinski definition) is 0. The highest BCUT2D eigenvalue weighted by molar-refractivity contribution is 5.70. The van der Waals surface area contributed by atoms with Crippen LogP contribution in [0.3, 0.4) is 0 Å². The fourth-order valence-electron chi connectivity index (χ4n) is 2.12.